The van der Waals surface area contributed by atoms with Gasteiger partial charge in [0, 0.05) is 7.11 Å². The third kappa shape index (κ3) is 4.21. The molecule has 0 N–H and O–H groups in total. The summed E-state index contributed by atoms with van der Waals surface area (Å²) in [5, 5.41) is 13.6. The van der Waals surface area contributed by atoms with Gasteiger partial charge in [0.15, 0.2) is 0 Å². The van der Waals surface area contributed by atoms with Gasteiger partial charge in [0.25, 0.3) is 0 Å². The van der Waals surface area contributed by atoms with Gasteiger partial charge in [0.2, 0.25) is 0 Å². The van der Waals surface area contributed by atoms with E-state index in [0.717, 1.165) is 17.0 Å². The van der Waals surface area contributed by atoms with Crippen LogP contribution in [0.2, 0.25) is 0 Å². The zero-order chi connectivity index (χ0) is 19.3. The van der Waals surface area contributed by atoms with E-state index in [1.165, 1.54) is 7.11 Å². The summed E-state index contributed by atoms with van der Waals surface area (Å²) in [7, 11) is 3.00. The Labute approximate surface area is 153 Å². The molecular formula is C19H24N4O3. The Kier molecular flexibility index (Phi) is 6.36. The first-order valence-electron chi connectivity index (χ1n) is 8.32. The maximum Gasteiger partial charge on any atom is 0.414 e. The van der Waals surface area contributed by atoms with E-state index < -0.39 is 6.09 Å². The number of rotatable bonds is 6. The van der Waals surface area contributed by atoms with Crippen molar-refractivity contribution in [2.45, 2.75) is 40.0 Å². The van der Waals surface area contributed by atoms with E-state index in [1.54, 1.807) is 30.2 Å². The summed E-state index contributed by atoms with van der Waals surface area (Å²) in [6.07, 6.45) is -0.474. The van der Waals surface area contributed by atoms with Crippen LogP contribution in [0.4, 0.5) is 10.5 Å². The number of benzene rings is 1. The van der Waals surface area contributed by atoms with Crippen LogP contribution in [0.3, 0.4) is 0 Å². The van der Waals surface area contributed by atoms with Crippen LogP contribution in [0, 0.1) is 25.2 Å². The number of hydrogen-bond acceptors (Lipinski definition) is 5. The highest BCUT2D eigenvalue weighted by Gasteiger charge is 2.25. The zero-order valence-electron chi connectivity index (χ0n) is 15.8. The first-order valence-corrected chi connectivity index (χ1v) is 8.32. The Bertz CT molecular complexity index is 823. The molecule has 0 saturated carbocycles. The maximum atomic E-state index is 12.4. The standard InChI is InChI=1S/C19H24N4O3/c1-13(25-4)11-23-15(3)18(14(2)21-23)22(19(24)26-5)12-17-8-6-7-16(9-17)10-20/h6-9,13H,11-12H2,1-5H3. The molecule has 1 aromatic heterocycles. The van der Waals surface area contributed by atoms with Crippen LogP contribution in [0.5, 0.6) is 0 Å². The molecule has 7 heteroatoms. The Morgan fingerprint density at radius 1 is 1.38 bits per heavy atom. The molecule has 1 amide bonds. The van der Waals surface area contributed by atoms with Crippen LogP contribution in [0.15, 0.2) is 24.3 Å². The fourth-order valence-electron chi connectivity index (χ4n) is 2.84. The van der Waals surface area contributed by atoms with Gasteiger partial charge in [-0.05, 0) is 38.5 Å². The third-order valence-electron chi connectivity index (χ3n) is 4.24. The molecule has 0 aliphatic heterocycles. The number of aryl methyl sites for hydroxylation is 1. The van der Waals surface area contributed by atoms with Crippen LogP contribution in [0.1, 0.15) is 29.4 Å². The Hall–Kier alpha value is -2.85. The molecule has 1 aromatic carbocycles. The van der Waals surface area contributed by atoms with Crippen LogP contribution < -0.4 is 4.90 Å². The molecule has 0 fully saturated rings. The predicted octanol–water partition coefficient (Wildman–Crippen LogP) is 3.18. The second kappa shape index (κ2) is 8.50. The van der Waals surface area contributed by atoms with Crippen molar-refractivity contribution in [2.75, 3.05) is 19.1 Å². The maximum absolute atomic E-state index is 12.4. The Morgan fingerprint density at radius 2 is 2.12 bits per heavy atom. The van der Waals surface area contributed by atoms with E-state index >= 15 is 0 Å². The van der Waals surface area contributed by atoms with Crippen molar-refractivity contribution in [1.82, 2.24) is 9.78 Å². The number of methoxy groups -OCH3 is 2. The average Bonchev–Trinajstić information content (AvgIpc) is 2.92. The number of aromatic nitrogens is 2. The van der Waals surface area contributed by atoms with Gasteiger partial charge in [0.05, 0.1) is 55.0 Å². The topological polar surface area (TPSA) is 80.4 Å². The largest absolute Gasteiger partial charge is 0.452 e. The predicted molar refractivity (Wildman–Crippen MR) is 97.9 cm³/mol. The summed E-state index contributed by atoms with van der Waals surface area (Å²) in [5.41, 5.74) is 3.68. The number of nitriles is 1. The summed E-state index contributed by atoms with van der Waals surface area (Å²) in [6, 6.07) is 9.28. The number of carbonyl (C=O) groups excluding carboxylic acids is 1. The van der Waals surface area contributed by atoms with Crippen molar-refractivity contribution >= 4 is 11.8 Å². The summed E-state index contributed by atoms with van der Waals surface area (Å²) in [6.45, 7) is 6.61. The molecule has 1 heterocycles. The van der Waals surface area contributed by atoms with Crippen LogP contribution in [-0.2, 0) is 22.6 Å². The highest BCUT2D eigenvalue weighted by molar-refractivity contribution is 5.89. The number of anilines is 1. The van der Waals surface area contributed by atoms with E-state index in [1.807, 2.05) is 31.5 Å². The lowest BCUT2D eigenvalue weighted by atomic mass is 10.1. The van der Waals surface area contributed by atoms with E-state index in [9.17, 15) is 4.79 Å². The lowest BCUT2D eigenvalue weighted by Crippen LogP contribution is -2.31. The second-order valence-electron chi connectivity index (χ2n) is 6.12. The fourth-order valence-corrected chi connectivity index (χ4v) is 2.84. The fraction of sp³-hybridized carbons (Fsp3) is 0.421. The van der Waals surface area contributed by atoms with Crippen molar-refractivity contribution in [1.29, 1.82) is 5.26 Å². The van der Waals surface area contributed by atoms with Gasteiger partial charge in [-0.2, -0.15) is 10.4 Å². The molecule has 0 aliphatic rings. The molecule has 1 atom stereocenters. The van der Waals surface area contributed by atoms with E-state index in [0.29, 0.717) is 17.8 Å². The summed E-state index contributed by atoms with van der Waals surface area (Å²) in [5.74, 6) is 0. The van der Waals surface area contributed by atoms with Crippen molar-refractivity contribution in [3.63, 3.8) is 0 Å². The van der Waals surface area contributed by atoms with Crippen molar-refractivity contribution in [3.8, 4) is 6.07 Å². The third-order valence-corrected chi connectivity index (χ3v) is 4.24. The highest BCUT2D eigenvalue weighted by Crippen LogP contribution is 2.27. The monoisotopic (exact) mass is 356 g/mol. The van der Waals surface area contributed by atoms with Crippen molar-refractivity contribution in [2.24, 2.45) is 0 Å². The summed E-state index contributed by atoms with van der Waals surface area (Å²) < 4.78 is 12.1. The van der Waals surface area contributed by atoms with Gasteiger partial charge in [-0.15, -0.1) is 0 Å². The first kappa shape index (κ1) is 19.5. The minimum absolute atomic E-state index is 0.000244. The molecule has 0 saturated heterocycles. The second-order valence-corrected chi connectivity index (χ2v) is 6.12. The van der Waals surface area contributed by atoms with Gasteiger partial charge in [-0.3, -0.25) is 9.58 Å². The molecule has 0 bridgehead atoms. The number of ether oxygens (including phenoxy) is 2. The Balaban J connectivity index is 2.41. The molecule has 138 valence electrons. The van der Waals surface area contributed by atoms with Crippen LogP contribution in [0.25, 0.3) is 0 Å². The molecule has 0 spiro atoms. The van der Waals surface area contributed by atoms with Gasteiger partial charge < -0.3 is 9.47 Å². The lowest BCUT2D eigenvalue weighted by Gasteiger charge is -2.22. The normalized spacial score (nSPS) is 11.7. The highest BCUT2D eigenvalue weighted by atomic mass is 16.5. The molecule has 0 aliphatic carbocycles. The van der Waals surface area contributed by atoms with Crippen molar-refractivity contribution in [3.05, 3.63) is 46.8 Å². The summed E-state index contributed by atoms with van der Waals surface area (Å²) >= 11 is 0. The quantitative estimate of drug-likeness (QED) is 0.794. The van der Waals surface area contributed by atoms with Gasteiger partial charge in [-0.1, -0.05) is 12.1 Å². The lowest BCUT2D eigenvalue weighted by molar-refractivity contribution is 0.0992. The molecule has 2 rings (SSSR count). The van der Waals surface area contributed by atoms with Gasteiger partial charge >= 0.3 is 6.09 Å². The van der Waals surface area contributed by atoms with E-state index in [2.05, 4.69) is 11.2 Å². The van der Waals surface area contributed by atoms with E-state index in [-0.39, 0.29) is 12.6 Å². The van der Waals surface area contributed by atoms with E-state index in [4.69, 9.17) is 14.7 Å². The minimum atomic E-state index is -0.474. The average molecular weight is 356 g/mol. The number of nitrogens with zero attached hydrogens (tertiary/aromatic N) is 4. The minimum Gasteiger partial charge on any atom is -0.452 e. The molecule has 1 unspecified atom stereocenters. The van der Waals surface area contributed by atoms with Crippen LogP contribution in [-0.4, -0.2) is 36.2 Å². The Morgan fingerprint density at radius 3 is 2.73 bits per heavy atom. The molecule has 0 radical (unpaired) electrons. The summed E-state index contributed by atoms with van der Waals surface area (Å²) in [4.78, 5) is 14.0. The van der Waals surface area contributed by atoms with Gasteiger partial charge in [-0.25, -0.2) is 4.79 Å². The number of amides is 1. The molecule has 26 heavy (non-hydrogen) atoms. The van der Waals surface area contributed by atoms with Crippen molar-refractivity contribution < 1.29 is 14.3 Å². The SMILES string of the molecule is COC(=O)N(Cc1cccc(C#N)c1)c1c(C)nn(CC(C)OC)c1C. The van der Waals surface area contributed by atoms with Crippen LogP contribution >= 0.6 is 0 Å². The zero-order valence-corrected chi connectivity index (χ0v) is 15.8. The molecule has 2 aromatic rings. The molecular weight excluding hydrogens is 332 g/mol. The number of hydrogen-bond donors (Lipinski definition) is 0. The first-order chi connectivity index (χ1) is 12.4. The number of carbonyl (C=O) groups is 1. The smallest absolute Gasteiger partial charge is 0.414 e. The molecule has 7 nitrogen and oxygen atoms in total. The van der Waals surface area contributed by atoms with Gasteiger partial charge in [0.1, 0.15) is 0 Å².